The molecular weight excluding hydrogens is 657 g/mol. The molecule has 0 aliphatic heterocycles. The Hall–Kier alpha value is -7.23. The lowest BCUT2D eigenvalue weighted by molar-refractivity contribution is 0.620. The molecule has 0 saturated heterocycles. The van der Waals surface area contributed by atoms with Crippen molar-refractivity contribution in [2.24, 2.45) is 0 Å². The Kier molecular flexibility index (Phi) is 7.81. The summed E-state index contributed by atoms with van der Waals surface area (Å²) in [6.07, 6.45) is 0. The predicted octanol–water partition coefficient (Wildman–Crippen LogP) is 14.3. The lowest BCUT2D eigenvalue weighted by atomic mass is 9.95. The number of hydrogen-bond acceptors (Lipinski definition) is 3. The summed E-state index contributed by atoms with van der Waals surface area (Å²) in [6, 6.07) is 72.9. The van der Waals surface area contributed by atoms with Gasteiger partial charge in [0.1, 0.15) is 5.52 Å². The first-order valence-electron chi connectivity index (χ1n) is 18.3. The molecule has 3 nitrogen and oxygen atoms in total. The number of para-hydroxylation sites is 1. The van der Waals surface area contributed by atoms with Crippen LogP contribution in [0, 0.1) is 0 Å². The summed E-state index contributed by atoms with van der Waals surface area (Å²) >= 11 is 0. The Bertz CT molecular complexity index is 2890. The maximum absolute atomic E-state index is 6.34. The molecule has 254 valence electrons. The fourth-order valence-electron chi connectivity index (χ4n) is 7.64. The largest absolute Gasteiger partial charge is 0.436 e. The molecule has 0 aliphatic carbocycles. The summed E-state index contributed by atoms with van der Waals surface area (Å²) < 4.78 is 6.34. The summed E-state index contributed by atoms with van der Waals surface area (Å²) in [4.78, 5) is 7.23. The van der Waals surface area contributed by atoms with E-state index in [0.717, 1.165) is 66.8 Å². The molecule has 3 heteroatoms. The smallest absolute Gasteiger partial charge is 0.227 e. The van der Waals surface area contributed by atoms with Gasteiger partial charge in [-0.15, -0.1) is 0 Å². The van der Waals surface area contributed by atoms with Crippen molar-refractivity contribution in [3.8, 4) is 44.8 Å². The third kappa shape index (κ3) is 5.69. The lowest BCUT2D eigenvalue weighted by Crippen LogP contribution is -2.09. The number of fused-ring (bicyclic) bond motifs is 4. The van der Waals surface area contributed by atoms with Gasteiger partial charge >= 0.3 is 0 Å². The van der Waals surface area contributed by atoms with E-state index in [1.54, 1.807) is 0 Å². The van der Waals surface area contributed by atoms with Gasteiger partial charge in [0.15, 0.2) is 5.58 Å². The molecule has 0 bridgehead atoms. The summed E-state index contributed by atoms with van der Waals surface area (Å²) in [5, 5.41) is 4.75. The van der Waals surface area contributed by atoms with Gasteiger partial charge in [0.05, 0.1) is 0 Å². The molecule has 0 unspecified atom stereocenters. The number of rotatable bonds is 7. The van der Waals surface area contributed by atoms with Crippen LogP contribution in [-0.2, 0) is 0 Å². The zero-order valence-electron chi connectivity index (χ0n) is 29.4. The molecule has 0 atom stereocenters. The Morgan fingerprint density at radius 1 is 0.352 bits per heavy atom. The average Bonchev–Trinajstić information content (AvgIpc) is 3.70. The second-order valence-electron chi connectivity index (χ2n) is 13.6. The predicted molar refractivity (Wildman–Crippen MR) is 225 cm³/mol. The van der Waals surface area contributed by atoms with Gasteiger partial charge in [-0.2, -0.15) is 0 Å². The molecule has 0 saturated carbocycles. The van der Waals surface area contributed by atoms with E-state index < -0.39 is 0 Å². The number of aromatic nitrogens is 1. The van der Waals surface area contributed by atoms with Crippen LogP contribution < -0.4 is 4.90 Å². The normalized spacial score (nSPS) is 11.3. The molecular formula is C51H34N2O. The molecule has 0 amide bonds. The molecule has 9 aromatic carbocycles. The van der Waals surface area contributed by atoms with Gasteiger partial charge < -0.3 is 9.32 Å². The van der Waals surface area contributed by atoms with Crippen molar-refractivity contribution < 1.29 is 4.42 Å². The third-order valence-corrected chi connectivity index (χ3v) is 10.3. The van der Waals surface area contributed by atoms with E-state index in [1.165, 1.54) is 21.9 Å². The molecule has 10 aromatic rings. The highest BCUT2D eigenvalue weighted by molar-refractivity contribution is 6.11. The van der Waals surface area contributed by atoms with Gasteiger partial charge in [-0.05, 0) is 104 Å². The van der Waals surface area contributed by atoms with Crippen LogP contribution in [0.15, 0.2) is 211 Å². The van der Waals surface area contributed by atoms with Gasteiger partial charge in [-0.1, -0.05) is 152 Å². The van der Waals surface area contributed by atoms with Gasteiger partial charge in [-0.3, -0.25) is 0 Å². The first kappa shape index (κ1) is 31.5. The second-order valence-corrected chi connectivity index (χ2v) is 13.6. The zero-order chi connectivity index (χ0) is 35.8. The maximum Gasteiger partial charge on any atom is 0.227 e. The van der Waals surface area contributed by atoms with Crippen LogP contribution in [-0.4, -0.2) is 4.98 Å². The Morgan fingerprint density at radius 2 is 0.852 bits per heavy atom. The quantitative estimate of drug-likeness (QED) is 0.167. The molecule has 1 heterocycles. The van der Waals surface area contributed by atoms with E-state index in [1.807, 2.05) is 30.3 Å². The standard InChI is InChI=1S/C51H34N2O/c1-3-13-40(14-4-1)51-52-50-47-20-10-9-19-46(47)48(34-49(50)54-51)39-24-22-35(23-25-39)36-26-30-42(31-27-36)53(41-16-5-2-6-17-41)43-32-28-38(29-33-43)45-21-11-15-37-12-7-8-18-44(37)45/h1-34H. The van der Waals surface area contributed by atoms with Crippen molar-refractivity contribution >= 4 is 49.7 Å². The van der Waals surface area contributed by atoms with Gasteiger partial charge in [-0.25, -0.2) is 4.98 Å². The van der Waals surface area contributed by atoms with Crippen LogP contribution in [0.2, 0.25) is 0 Å². The molecule has 1 aromatic heterocycles. The Morgan fingerprint density at radius 3 is 1.56 bits per heavy atom. The monoisotopic (exact) mass is 690 g/mol. The van der Waals surface area contributed by atoms with Crippen LogP contribution in [0.3, 0.4) is 0 Å². The van der Waals surface area contributed by atoms with Gasteiger partial charge in [0.25, 0.3) is 0 Å². The van der Waals surface area contributed by atoms with Crippen LogP contribution in [0.25, 0.3) is 77.5 Å². The molecule has 0 radical (unpaired) electrons. The van der Waals surface area contributed by atoms with E-state index in [4.69, 9.17) is 9.40 Å². The minimum Gasteiger partial charge on any atom is -0.436 e. The van der Waals surface area contributed by atoms with Crippen molar-refractivity contribution in [1.29, 1.82) is 0 Å². The van der Waals surface area contributed by atoms with Crippen molar-refractivity contribution in [3.05, 3.63) is 206 Å². The number of benzene rings is 9. The van der Waals surface area contributed by atoms with E-state index in [2.05, 4.69) is 181 Å². The number of hydrogen-bond donors (Lipinski definition) is 0. The number of anilines is 3. The van der Waals surface area contributed by atoms with Crippen molar-refractivity contribution in [2.45, 2.75) is 0 Å². The van der Waals surface area contributed by atoms with Crippen LogP contribution in [0.1, 0.15) is 0 Å². The van der Waals surface area contributed by atoms with Crippen molar-refractivity contribution in [3.63, 3.8) is 0 Å². The summed E-state index contributed by atoms with van der Waals surface area (Å²) in [7, 11) is 0. The number of nitrogens with zero attached hydrogens (tertiary/aromatic N) is 2. The highest BCUT2D eigenvalue weighted by atomic mass is 16.3. The highest BCUT2D eigenvalue weighted by Crippen LogP contribution is 2.40. The van der Waals surface area contributed by atoms with Gasteiger partial charge in [0.2, 0.25) is 5.89 Å². The zero-order valence-corrected chi connectivity index (χ0v) is 29.4. The fourth-order valence-corrected chi connectivity index (χ4v) is 7.64. The molecule has 54 heavy (non-hydrogen) atoms. The van der Waals surface area contributed by atoms with E-state index in [0.29, 0.717) is 5.89 Å². The van der Waals surface area contributed by atoms with E-state index >= 15 is 0 Å². The van der Waals surface area contributed by atoms with Crippen molar-refractivity contribution in [1.82, 2.24) is 4.98 Å². The maximum atomic E-state index is 6.34. The minimum absolute atomic E-state index is 0.635. The molecule has 10 rings (SSSR count). The Labute approximate surface area is 314 Å². The number of oxazole rings is 1. The van der Waals surface area contributed by atoms with Gasteiger partial charge in [0, 0.05) is 28.0 Å². The van der Waals surface area contributed by atoms with Crippen LogP contribution in [0.5, 0.6) is 0 Å². The van der Waals surface area contributed by atoms with Crippen molar-refractivity contribution in [2.75, 3.05) is 4.90 Å². The van der Waals surface area contributed by atoms with E-state index in [-0.39, 0.29) is 0 Å². The average molecular weight is 691 g/mol. The van der Waals surface area contributed by atoms with Crippen LogP contribution in [0.4, 0.5) is 17.1 Å². The first-order chi connectivity index (χ1) is 26.8. The molecule has 0 spiro atoms. The molecule has 0 fully saturated rings. The van der Waals surface area contributed by atoms with E-state index in [9.17, 15) is 0 Å². The topological polar surface area (TPSA) is 29.3 Å². The fraction of sp³-hybridized carbons (Fsp3) is 0. The minimum atomic E-state index is 0.635. The first-order valence-corrected chi connectivity index (χ1v) is 18.3. The summed E-state index contributed by atoms with van der Waals surface area (Å²) in [6.45, 7) is 0. The molecule has 0 N–H and O–H groups in total. The second kappa shape index (κ2) is 13.4. The van der Waals surface area contributed by atoms with Crippen LogP contribution >= 0.6 is 0 Å². The summed E-state index contributed by atoms with van der Waals surface area (Å²) in [5.41, 5.74) is 13.0. The third-order valence-electron chi connectivity index (χ3n) is 10.3. The highest BCUT2D eigenvalue weighted by Gasteiger charge is 2.16. The summed E-state index contributed by atoms with van der Waals surface area (Å²) in [5.74, 6) is 0.635. The SMILES string of the molecule is c1ccc(-c2nc3c(cc(-c4ccc(-c5ccc(N(c6ccccc6)c6ccc(-c7cccc8ccccc78)cc6)cc5)cc4)c4ccccc43)o2)cc1. The Balaban J connectivity index is 0.964. The lowest BCUT2D eigenvalue weighted by Gasteiger charge is -2.26. The molecule has 0 aliphatic rings.